The Hall–Kier alpha value is 0.700. The molecule has 1 aliphatic heterocycles. The lowest BCUT2D eigenvalue weighted by Gasteiger charge is -2.68. The highest BCUT2D eigenvalue weighted by Crippen LogP contribution is 2.72. The first-order valence-corrected chi connectivity index (χ1v) is 8.50. The fourth-order valence-corrected chi connectivity index (χ4v) is 7.98. The van der Waals surface area contributed by atoms with Gasteiger partial charge in [-0.3, -0.25) is 0 Å². The summed E-state index contributed by atoms with van der Waals surface area (Å²) in [4.78, 5) is 0. The van der Waals surface area contributed by atoms with E-state index in [1.807, 2.05) is 0 Å². The summed E-state index contributed by atoms with van der Waals surface area (Å²) in [5.41, 5.74) is 1.36. The predicted molar refractivity (Wildman–Crippen MR) is 71.5 cm³/mol. The Morgan fingerprint density at radius 1 is 1.07 bits per heavy atom. The zero-order valence-electron chi connectivity index (χ0n) is 9.92. The maximum atomic E-state index is 2.55. The van der Waals surface area contributed by atoms with Gasteiger partial charge in [0.1, 0.15) is 0 Å². The number of hydrogen-bond acceptors (Lipinski definition) is 2. The van der Waals surface area contributed by atoms with Crippen molar-refractivity contribution in [2.24, 2.45) is 16.7 Å². The van der Waals surface area contributed by atoms with E-state index in [1.54, 1.807) is 6.42 Å². The third kappa shape index (κ3) is 1.36. The topological polar surface area (TPSA) is 0 Å². The second kappa shape index (κ2) is 3.60. The summed E-state index contributed by atoms with van der Waals surface area (Å²) >= 11 is 4.54. The molecule has 1 saturated heterocycles. The van der Waals surface area contributed by atoms with Gasteiger partial charge >= 0.3 is 0 Å². The maximum Gasteiger partial charge on any atom is 0.0563 e. The third-order valence-electron chi connectivity index (χ3n) is 5.37. The molecular weight excluding hydrogens is 220 g/mol. The minimum atomic E-state index is 0.646. The molecule has 86 valence electrons. The SMILES string of the molecule is CC1(C)C2CCCC1(C1SCCCS1)C2. The van der Waals surface area contributed by atoms with Gasteiger partial charge in [-0.15, -0.1) is 23.5 Å². The highest BCUT2D eigenvalue weighted by atomic mass is 32.2. The average molecular weight is 242 g/mol. The third-order valence-corrected chi connectivity index (χ3v) is 8.74. The minimum Gasteiger partial charge on any atom is -0.147 e. The lowest BCUT2D eigenvalue weighted by molar-refractivity contribution is -0.149. The molecule has 4 rings (SSSR count). The Labute approximate surface area is 102 Å². The van der Waals surface area contributed by atoms with Gasteiger partial charge in [-0.1, -0.05) is 20.3 Å². The average Bonchev–Trinajstić information content (AvgIpc) is 2.30. The van der Waals surface area contributed by atoms with Crippen LogP contribution in [0.15, 0.2) is 0 Å². The van der Waals surface area contributed by atoms with Crippen LogP contribution in [0.5, 0.6) is 0 Å². The Balaban J connectivity index is 1.83. The van der Waals surface area contributed by atoms with Crippen molar-refractivity contribution in [3.05, 3.63) is 0 Å². The standard InChI is InChI=1S/C13H22S2/c1-12(2)10-5-3-6-13(12,9-10)11-14-7-4-8-15-11/h10-11H,3-9H2,1-2H3. The molecular formula is C13H22S2. The van der Waals surface area contributed by atoms with Crippen molar-refractivity contribution in [2.75, 3.05) is 11.5 Å². The van der Waals surface area contributed by atoms with Crippen LogP contribution in [-0.4, -0.2) is 16.1 Å². The van der Waals surface area contributed by atoms with Gasteiger partial charge in [0.05, 0.1) is 4.58 Å². The van der Waals surface area contributed by atoms with Crippen molar-refractivity contribution in [2.45, 2.75) is 50.5 Å². The summed E-state index contributed by atoms with van der Waals surface area (Å²) in [5, 5.41) is 0. The van der Waals surface area contributed by atoms with Gasteiger partial charge in [0.25, 0.3) is 0 Å². The van der Waals surface area contributed by atoms with Gasteiger partial charge < -0.3 is 0 Å². The highest BCUT2D eigenvalue weighted by molar-refractivity contribution is 8.17. The summed E-state index contributed by atoms with van der Waals surface area (Å²) in [7, 11) is 0. The lowest BCUT2D eigenvalue weighted by atomic mass is 9.40. The molecule has 0 nitrogen and oxygen atoms in total. The van der Waals surface area contributed by atoms with Crippen LogP contribution in [0, 0.1) is 16.7 Å². The van der Waals surface area contributed by atoms with Crippen molar-refractivity contribution >= 4 is 23.5 Å². The second-order valence-corrected chi connectivity index (χ2v) is 8.82. The van der Waals surface area contributed by atoms with E-state index in [2.05, 4.69) is 37.4 Å². The molecule has 4 fully saturated rings. The molecule has 0 N–H and O–H groups in total. The normalized spacial score (nSPS) is 44.8. The molecule has 2 unspecified atom stereocenters. The van der Waals surface area contributed by atoms with E-state index in [1.165, 1.54) is 37.2 Å². The molecule has 0 amide bonds. The van der Waals surface area contributed by atoms with Crippen molar-refractivity contribution in [3.8, 4) is 0 Å². The van der Waals surface area contributed by atoms with E-state index in [9.17, 15) is 0 Å². The van der Waals surface area contributed by atoms with Gasteiger partial charge in [0.15, 0.2) is 0 Å². The Morgan fingerprint density at radius 2 is 1.80 bits per heavy atom. The van der Waals surface area contributed by atoms with Crippen LogP contribution in [0.3, 0.4) is 0 Å². The molecule has 15 heavy (non-hydrogen) atoms. The van der Waals surface area contributed by atoms with Crippen molar-refractivity contribution < 1.29 is 0 Å². The zero-order valence-corrected chi connectivity index (χ0v) is 11.6. The molecule has 2 bridgehead atoms. The molecule has 0 spiro atoms. The maximum absolute atomic E-state index is 2.55. The summed E-state index contributed by atoms with van der Waals surface area (Å²) in [6, 6.07) is 0. The van der Waals surface area contributed by atoms with Gasteiger partial charge in [-0.2, -0.15) is 0 Å². The van der Waals surface area contributed by atoms with Crippen molar-refractivity contribution in [3.63, 3.8) is 0 Å². The molecule has 2 atom stereocenters. The van der Waals surface area contributed by atoms with Crippen LogP contribution >= 0.6 is 23.5 Å². The number of thioether (sulfide) groups is 2. The lowest BCUT2D eigenvalue weighted by Crippen LogP contribution is -2.62. The van der Waals surface area contributed by atoms with Crippen LogP contribution in [-0.2, 0) is 0 Å². The van der Waals surface area contributed by atoms with Crippen LogP contribution < -0.4 is 0 Å². The molecule has 0 aromatic rings. The first-order chi connectivity index (χ1) is 7.17. The largest absolute Gasteiger partial charge is 0.147 e. The summed E-state index contributed by atoms with van der Waals surface area (Å²) in [6.07, 6.45) is 7.51. The molecule has 3 aliphatic carbocycles. The summed E-state index contributed by atoms with van der Waals surface area (Å²) < 4.78 is 0.929. The fraction of sp³-hybridized carbons (Fsp3) is 1.00. The van der Waals surface area contributed by atoms with E-state index < -0.39 is 0 Å². The van der Waals surface area contributed by atoms with E-state index in [4.69, 9.17) is 0 Å². The molecule has 0 radical (unpaired) electrons. The Bertz CT molecular complexity index is 251. The second-order valence-electron chi connectivity index (χ2n) is 6.10. The van der Waals surface area contributed by atoms with Gasteiger partial charge in [0.2, 0.25) is 0 Å². The number of fused-ring (bicyclic) bond motifs is 2. The molecule has 2 heteroatoms. The predicted octanol–water partition coefficient (Wildman–Crippen LogP) is 4.40. The Kier molecular flexibility index (Phi) is 2.60. The first kappa shape index (κ1) is 10.8. The zero-order chi connectivity index (χ0) is 10.5. The van der Waals surface area contributed by atoms with Gasteiger partial charge in [-0.05, 0) is 53.9 Å². The number of hydrogen-bond donors (Lipinski definition) is 0. The fourth-order valence-electron chi connectivity index (χ4n) is 4.11. The van der Waals surface area contributed by atoms with E-state index in [0.29, 0.717) is 10.8 Å². The molecule has 4 aliphatic rings. The van der Waals surface area contributed by atoms with E-state index in [0.717, 1.165) is 10.5 Å². The highest BCUT2D eigenvalue weighted by Gasteiger charge is 2.64. The monoisotopic (exact) mass is 242 g/mol. The summed E-state index contributed by atoms with van der Waals surface area (Å²) in [5.74, 6) is 3.88. The Morgan fingerprint density at radius 3 is 2.40 bits per heavy atom. The summed E-state index contributed by atoms with van der Waals surface area (Å²) in [6.45, 7) is 5.10. The molecule has 0 aromatic carbocycles. The van der Waals surface area contributed by atoms with Crippen molar-refractivity contribution in [1.82, 2.24) is 0 Å². The van der Waals surface area contributed by atoms with Gasteiger partial charge in [0, 0.05) is 0 Å². The number of rotatable bonds is 1. The van der Waals surface area contributed by atoms with E-state index in [-0.39, 0.29) is 0 Å². The van der Waals surface area contributed by atoms with Crippen molar-refractivity contribution in [1.29, 1.82) is 0 Å². The van der Waals surface area contributed by atoms with Crippen LogP contribution in [0.25, 0.3) is 0 Å². The smallest absolute Gasteiger partial charge is 0.0563 e. The van der Waals surface area contributed by atoms with Crippen LogP contribution in [0.4, 0.5) is 0 Å². The molecule has 1 heterocycles. The van der Waals surface area contributed by atoms with E-state index >= 15 is 0 Å². The van der Waals surface area contributed by atoms with Crippen LogP contribution in [0.2, 0.25) is 0 Å². The minimum absolute atomic E-state index is 0.646. The van der Waals surface area contributed by atoms with Crippen LogP contribution in [0.1, 0.15) is 46.0 Å². The first-order valence-electron chi connectivity index (χ1n) is 6.40. The molecule has 0 aromatic heterocycles. The molecule has 3 saturated carbocycles. The quantitative estimate of drug-likeness (QED) is 0.668. The van der Waals surface area contributed by atoms with Gasteiger partial charge in [-0.25, -0.2) is 0 Å².